The monoisotopic (exact) mass is 733 g/mol. The summed E-state index contributed by atoms with van der Waals surface area (Å²) in [6.07, 6.45) is 1.94. The van der Waals surface area contributed by atoms with Gasteiger partial charge in [-0.15, -0.1) is 0 Å². The number of ether oxygens (including phenoxy) is 1. The van der Waals surface area contributed by atoms with Crippen LogP contribution >= 0.6 is 0 Å². The van der Waals surface area contributed by atoms with E-state index in [1.165, 1.54) is 55.1 Å². The summed E-state index contributed by atoms with van der Waals surface area (Å²) in [6.45, 7) is 5.03. The summed E-state index contributed by atoms with van der Waals surface area (Å²) in [4.78, 5) is 19.2. The molecule has 3 heterocycles. The van der Waals surface area contributed by atoms with Gasteiger partial charge < -0.3 is 14.8 Å². The van der Waals surface area contributed by atoms with Gasteiger partial charge in [0, 0.05) is 41.3 Å². The topological polar surface area (TPSA) is 151 Å². The Kier molecular flexibility index (Phi) is 9.69. The van der Waals surface area contributed by atoms with Crippen LogP contribution in [-0.4, -0.2) is 50.7 Å². The number of benzene rings is 3. The molecule has 0 amide bonds. The van der Waals surface area contributed by atoms with Gasteiger partial charge in [0.05, 0.1) is 29.1 Å². The van der Waals surface area contributed by atoms with Crippen LogP contribution in [0.5, 0.6) is 11.5 Å². The van der Waals surface area contributed by atoms with E-state index in [2.05, 4.69) is 21.1 Å². The summed E-state index contributed by atoms with van der Waals surface area (Å²) in [6, 6.07) is 13.3. The first-order chi connectivity index (χ1) is 24.5. The van der Waals surface area contributed by atoms with Crippen molar-refractivity contribution in [2.24, 2.45) is 18.4 Å². The number of H-pyrrole nitrogens is 1. The van der Waals surface area contributed by atoms with Gasteiger partial charge in [0.15, 0.2) is 33.1 Å². The van der Waals surface area contributed by atoms with Gasteiger partial charge >= 0.3 is 5.97 Å². The number of carboxylic acids is 1. The zero-order chi connectivity index (χ0) is 37.6. The highest BCUT2D eigenvalue weighted by Gasteiger charge is 2.43. The molecular weight excluding hydrogens is 696 g/mol. The van der Waals surface area contributed by atoms with Crippen molar-refractivity contribution in [1.82, 2.24) is 19.7 Å². The van der Waals surface area contributed by atoms with Crippen LogP contribution in [0.2, 0.25) is 0 Å². The Labute approximate surface area is 299 Å². The summed E-state index contributed by atoms with van der Waals surface area (Å²) in [5.74, 6) is -5.11. The number of aromatic amines is 1. The van der Waals surface area contributed by atoms with E-state index >= 15 is 13.2 Å². The van der Waals surface area contributed by atoms with Crippen molar-refractivity contribution in [1.29, 1.82) is 5.26 Å². The van der Waals surface area contributed by atoms with E-state index in [1.807, 2.05) is 0 Å². The molecule has 2 aromatic heterocycles. The minimum Gasteiger partial charge on any atom is -0.481 e. The molecule has 1 aliphatic rings. The molecule has 0 saturated carbocycles. The predicted octanol–water partition coefficient (Wildman–Crippen LogP) is 7.41. The molecule has 52 heavy (non-hydrogen) atoms. The Hall–Kier alpha value is -5.16. The second-order valence-electron chi connectivity index (χ2n) is 14.3. The molecule has 1 aliphatic heterocycles. The van der Waals surface area contributed by atoms with E-state index in [4.69, 9.17) is 4.74 Å². The second kappa shape index (κ2) is 13.8. The highest BCUT2D eigenvalue weighted by atomic mass is 32.2. The number of nitriles is 1. The third-order valence-corrected chi connectivity index (χ3v) is 11.8. The number of carboxylic acid groups (broad SMARTS) is 1. The predicted molar refractivity (Wildman–Crippen MR) is 188 cm³/mol. The lowest BCUT2D eigenvalue weighted by atomic mass is 9.74. The van der Waals surface area contributed by atoms with Gasteiger partial charge in [0.2, 0.25) is 0 Å². The van der Waals surface area contributed by atoms with E-state index in [0.29, 0.717) is 22.9 Å². The molecule has 5 aromatic rings. The zero-order valence-corrected chi connectivity index (χ0v) is 30.0. The quantitative estimate of drug-likeness (QED) is 0.194. The van der Waals surface area contributed by atoms with E-state index in [0.717, 1.165) is 6.07 Å². The van der Waals surface area contributed by atoms with Gasteiger partial charge in [-0.25, -0.2) is 31.3 Å². The summed E-state index contributed by atoms with van der Waals surface area (Å²) in [5.41, 5.74) is -1.91. The molecule has 2 N–H and O–H groups in total. The number of aromatic nitrogens is 4. The first kappa shape index (κ1) is 36.6. The molecule has 0 spiro atoms. The number of nitrogens with one attached hydrogen (secondary N) is 1. The Morgan fingerprint density at radius 1 is 1.13 bits per heavy atom. The minimum absolute atomic E-state index is 0.0111. The van der Waals surface area contributed by atoms with Crippen LogP contribution in [0.3, 0.4) is 0 Å². The van der Waals surface area contributed by atoms with Gasteiger partial charge in [-0.1, -0.05) is 45.4 Å². The minimum atomic E-state index is -3.73. The summed E-state index contributed by atoms with van der Waals surface area (Å²) >= 11 is 0. The number of rotatable bonds is 4. The Bertz CT molecular complexity index is 2350. The maximum Gasteiger partial charge on any atom is 0.306 e. The fraction of sp³-hybridized carbons (Fsp3) is 0.368. The van der Waals surface area contributed by atoms with E-state index in [1.54, 1.807) is 26.1 Å². The first-order valence-corrected chi connectivity index (χ1v) is 18.7. The highest BCUT2D eigenvalue weighted by molar-refractivity contribution is 7.91. The van der Waals surface area contributed by atoms with Crippen molar-refractivity contribution >= 4 is 26.7 Å². The van der Waals surface area contributed by atoms with Crippen LogP contribution in [0.15, 0.2) is 54.7 Å². The lowest BCUT2D eigenvalue weighted by molar-refractivity contribution is -0.141. The summed E-state index contributed by atoms with van der Waals surface area (Å²) in [7, 11) is -2.24. The average molecular weight is 734 g/mol. The van der Waals surface area contributed by atoms with Gasteiger partial charge in [-0.2, -0.15) is 10.4 Å². The molecule has 0 fully saturated rings. The molecule has 14 heteroatoms. The van der Waals surface area contributed by atoms with Gasteiger partial charge in [-0.05, 0) is 60.9 Å². The number of hydrogen-bond donors (Lipinski definition) is 2. The van der Waals surface area contributed by atoms with Crippen molar-refractivity contribution in [2.45, 2.75) is 58.3 Å². The van der Waals surface area contributed by atoms with Gasteiger partial charge in [-0.3, -0.25) is 4.79 Å². The average Bonchev–Trinajstić information content (AvgIpc) is 3.70. The highest BCUT2D eigenvalue weighted by Crippen LogP contribution is 2.42. The zero-order valence-electron chi connectivity index (χ0n) is 29.1. The van der Waals surface area contributed by atoms with Crippen molar-refractivity contribution in [3.8, 4) is 29.0 Å². The summed E-state index contributed by atoms with van der Waals surface area (Å²) in [5, 5.41) is 25.5. The lowest BCUT2D eigenvalue weighted by Crippen LogP contribution is -2.31. The Balaban J connectivity index is 1.55. The normalized spacial score (nSPS) is 19.4. The molecule has 4 bridgehead atoms. The number of aliphatic carboxylic acids is 1. The van der Waals surface area contributed by atoms with Gasteiger partial charge in [0.1, 0.15) is 22.8 Å². The number of halogens is 3. The molecule has 2 unspecified atom stereocenters. The largest absolute Gasteiger partial charge is 0.481 e. The smallest absolute Gasteiger partial charge is 0.306 e. The molecule has 2 atom stereocenters. The fourth-order valence-corrected chi connectivity index (χ4v) is 9.08. The van der Waals surface area contributed by atoms with Crippen molar-refractivity contribution in [3.05, 3.63) is 94.7 Å². The van der Waals surface area contributed by atoms with Crippen molar-refractivity contribution in [2.75, 3.05) is 11.5 Å². The second-order valence-corrected chi connectivity index (χ2v) is 16.5. The van der Waals surface area contributed by atoms with Crippen LogP contribution < -0.4 is 4.74 Å². The number of sulfone groups is 1. The number of fused-ring (bicyclic) bond motifs is 8. The molecule has 3 aromatic carbocycles. The first-order valence-electron chi connectivity index (χ1n) is 16.8. The maximum absolute atomic E-state index is 16.5. The SMILES string of the molecule is CC(Cc1cccc(C2(C#N)CCCC(C)(C)CS(=O)(=O)CCc3c(c(F)cc4[nH]ccc34)Oc3ccc(F)c(c3)-c3nc2nn3C)c1F)C(=O)O. The third-order valence-electron chi connectivity index (χ3n) is 9.77. The molecular formula is C38H38F3N5O5S. The number of carbonyl (C=O) groups is 1. The van der Waals surface area contributed by atoms with E-state index in [9.17, 15) is 23.6 Å². The number of nitrogens with zero attached hydrogens (tertiary/aromatic N) is 4. The standard InChI is InChI=1S/C38H38F3N5O5S/c1-22(35(47)48)17-23-7-5-8-28(32(23)41)38(20-42)14-6-13-37(2,3)21-52(49,50)16-12-26-25-11-15-43-31(25)19-30(40)33(26)51-24-9-10-29(39)27(18-24)34-44-36(38)45-46(34)4/h5,7-11,15,18-19,22,43H,6,12-14,16-17,21H2,1-4H3,(H,47,48). The number of hydrogen-bond acceptors (Lipinski definition) is 7. The van der Waals surface area contributed by atoms with E-state index in [-0.39, 0.29) is 77.0 Å². The molecule has 0 saturated heterocycles. The van der Waals surface area contributed by atoms with Crippen LogP contribution in [0.25, 0.3) is 22.3 Å². The van der Waals surface area contributed by atoms with Crippen LogP contribution in [0.1, 0.15) is 62.5 Å². The molecule has 0 aliphatic carbocycles. The fourth-order valence-electron chi connectivity index (χ4n) is 7.09. The Morgan fingerprint density at radius 2 is 1.90 bits per heavy atom. The van der Waals surface area contributed by atoms with Gasteiger partial charge in [0.25, 0.3) is 0 Å². The van der Waals surface area contributed by atoms with Crippen LogP contribution in [0.4, 0.5) is 13.2 Å². The summed E-state index contributed by atoms with van der Waals surface area (Å²) < 4.78 is 82.3. The lowest BCUT2D eigenvalue weighted by Gasteiger charge is -2.29. The third kappa shape index (κ3) is 7.01. The van der Waals surface area contributed by atoms with Crippen molar-refractivity contribution < 1.29 is 36.2 Å². The Morgan fingerprint density at radius 3 is 2.63 bits per heavy atom. The van der Waals surface area contributed by atoms with Crippen LogP contribution in [0, 0.1) is 40.1 Å². The van der Waals surface area contributed by atoms with Crippen LogP contribution in [-0.2, 0) is 39.9 Å². The van der Waals surface area contributed by atoms with E-state index < -0.39 is 50.0 Å². The molecule has 6 rings (SSSR count). The molecule has 10 nitrogen and oxygen atoms in total. The molecule has 272 valence electrons. The molecule has 0 radical (unpaired) electrons. The number of aryl methyl sites for hydroxylation is 2. The maximum atomic E-state index is 16.5. The van der Waals surface area contributed by atoms with Crippen molar-refractivity contribution in [3.63, 3.8) is 0 Å².